The summed E-state index contributed by atoms with van der Waals surface area (Å²) in [4.78, 5) is 14.6. The predicted octanol–water partition coefficient (Wildman–Crippen LogP) is 1.84. The van der Waals surface area contributed by atoms with Gasteiger partial charge in [-0.1, -0.05) is 12.1 Å². The van der Waals surface area contributed by atoms with Crippen molar-refractivity contribution < 1.29 is 9.53 Å². The molecule has 110 valence electrons. The van der Waals surface area contributed by atoms with Gasteiger partial charge in [0.15, 0.2) is 0 Å². The van der Waals surface area contributed by atoms with Crippen molar-refractivity contribution in [1.29, 1.82) is 0 Å². The molecule has 1 aromatic carbocycles. The molecule has 0 spiro atoms. The maximum absolute atomic E-state index is 12.5. The van der Waals surface area contributed by atoms with Crippen LogP contribution in [0.3, 0.4) is 0 Å². The predicted molar refractivity (Wildman–Crippen MR) is 80.0 cm³/mol. The summed E-state index contributed by atoms with van der Waals surface area (Å²) in [7, 11) is 3.59. The van der Waals surface area contributed by atoms with Crippen molar-refractivity contribution in [2.75, 3.05) is 27.2 Å². The molecule has 1 aliphatic heterocycles. The Labute approximate surface area is 121 Å². The van der Waals surface area contributed by atoms with Gasteiger partial charge < -0.3 is 15.0 Å². The molecule has 0 saturated carbocycles. The van der Waals surface area contributed by atoms with Crippen LogP contribution in [0.1, 0.15) is 24.8 Å². The standard InChI is InChI=1S/C16H24N2O2/c1-17-12-14-7-3-4-9-18(14)16(19)11-13-6-5-8-15(10-13)20-2/h5-6,8,10,14,17H,3-4,7,9,11-12H2,1-2H3. The van der Waals surface area contributed by atoms with E-state index in [1.807, 2.05) is 36.2 Å². The number of methoxy groups -OCH3 is 1. The molecule has 0 aromatic heterocycles. The summed E-state index contributed by atoms with van der Waals surface area (Å²) in [6.07, 6.45) is 3.89. The summed E-state index contributed by atoms with van der Waals surface area (Å²) in [5.74, 6) is 1.03. The molecule has 1 atom stereocenters. The first-order valence-electron chi connectivity index (χ1n) is 7.31. The second-order valence-corrected chi connectivity index (χ2v) is 5.32. The number of hydrogen-bond acceptors (Lipinski definition) is 3. The highest BCUT2D eigenvalue weighted by Gasteiger charge is 2.25. The average molecular weight is 276 g/mol. The monoisotopic (exact) mass is 276 g/mol. The zero-order valence-corrected chi connectivity index (χ0v) is 12.4. The number of likely N-dealkylation sites (N-methyl/N-ethyl adjacent to an activating group) is 1. The van der Waals surface area contributed by atoms with Gasteiger partial charge >= 0.3 is 0 Å². The van der Waals surface area contributed by atoms with Crippen LogP contribution in [0.4, 0.5) is 0 Å². The molecule has 1 aromatic rings. The Balaban J connectivity index is 2.01. The Morgan fingerprint density at radius 2 is 2.30 bits per heavy atom. The fourth-order valence-electron chi connectivity index (χ4n) is 2.84. The molecule has 0 bridgehead atoms. The molecule has 20 heavy (non-hydrogen) atoms. The van der Waals surface area contributed by atoms with E-state index in [4.69, 9.17) is 4.74 Å². The molecular formula is C16H24N2O2. The van der Waals surface area contributed by atoms with Crippen LogP contribution < -0.4 is 10.1 Å². The molecule has 1 saturated heterocycles. The molecular weight excluding hydrogens is 252 g/mol. The van der Waals surface area contributed by atoms with E-state index in [0.29, 0.717) is 12.5 Å². The Kier molecular flexibility index (Phi) is 5.41. The van der Waals surface area contributed by atoms with Gasteiger partial charge in [0.2, 0.25) is 5.91 Å². The Morgan fingerprint density at radius 3 is 3.05 bits per heavy atom. The van der Waals surface area contributed by atoms with E-state index < -0.39 is 0 Å². The van der Waals surface area contributed by atoms with Crippen molar-refractivity contribution >= 4 is 5.91 Å². The zero-order valence-electron chi connectivity index (χ0n) is 12.4. The van der Waals surface area contributed by atoms with Crippen LogP contribution in [-0.4, -0.2) is 44.1 Å². The third-order valence-electron chi connectivity index (χ3n) is 3.88. The molecule has 1 aliphatic rings. The summed E-state index contributed by atoms with van der Waals surface area (Å²) >= 11 is 0. The molecule has 1 N–H and O–H groups in total. The molecule has 1 unspecified atom stereocenters. The van der Waals surface area contributed by atoms with E-state index in [1.165, 1.54) is 6.42 Å². The quantitative estimate of drug-likeness (QED) is 0.892. The first-order chi connectivity index (χ1) is 9.74. The lowest BCUT2D eigenvalue weighted by Gasteiger charge is -2.36. The maximum Gasteiger partial charge on any atom is 0.227 e. The van der Waals surface area contributed by atoms with Crippen molar-refractivity contribution in [2.45, 2.75) is 31.7 Å². The molecule has 0 radical (unpaired) electrons. The molecule has 0 aliphatic carbocycles. The number of benzene rings is 1. The normalized spacial score (nSPS) is 18.9. The number of amides is 1. The van der Waals surface area contributed by atoms with E-state index in [-0.39, 0.29) is 5.91 Å². The number of hydrogen-bond donors (Lipinski definition) is 1. The van der Waals surface area contributed by atoms with Crippen molar-refractivity contribution in [2.24, 2.45) is 0 Å². The smallest absolute Gasteiger partial charge is 0.227 e. The topological polar surface area (TPSA) is 41.6 Å². The van der Waals surface area contributed by atoms with Crippen LogP contribution in [0.15, 0.2) is 24.3 Å². The van der Waals surface area contributed by atoms with Crippen LogP contribution in [0.5, 0.6) is 5.75 Å². The number of nitrogens with one attached hydrogen (secondary N) is 1. The van der Waals surface area contributed by atoms with Crippen LogP contribution in [0.2, 0.25) is 0 Å². The second kappa shape index (κ2) is 7.29. The third-order valence-corrected chi connectivity index (χ3v) is 3.88. The second-order valence-electron chi connectivity index (χ2n) is 5.32. The SMILES string of the molecule is CNCC1CCCCN1C(=O)Cc1cccc(OC)c1. The zero-order chi connectivity index (χ0) is 14.4. The minimum atomic E-state index is 0.221. The highest BCUT2D eigenvalue weighted by Crippen LogP contribution is 2.19. The summed E-state index contributed by atoms with van der Waals surface area (Å²) in [6.45, 7) is 1.76. The van der Waals surface area contributed by atoms with Gasteiger partial charge in [-0.3, -0.25) is 4.79 Å². The van der Waals surface area contributed by atoms with Gasteiger partial charge in [-0.15, -0.1) is 0 Å². The largest absolute Gasteiger partial charge is 0.497 e. The van der Waals surface area contributed by atoms with Crippen LogP contribution in [-0.2, 0) is 11.2 Å². The summed E-state index contributed by atoms with van der Waals surface area (Å²) in [5.41, 5.74) is 1.02. The van der Waals surface area contributed by atoms with Crippen LogP contribution in [0, 0.1) is 0 Å². The first kappa shape index (κ1) is 14.9. The van der Waals surface area contributed by atoms with E-state index >= 15 is 0 Å². The summed E-state index contributed by atoms with van der Waals surface area (Å²) in [5, 5.41) is 3.19. The molecule has 2 rings (SSSR count). The average Bonchev–Trinajstić information content (AvgIpc) is 2.48. The first-order valence-corrected chi connectivity index (χ1v) is 7.31. The number of piperidine rings is 1. The highest BCUT2D eigenvalue weighted by molar-refractivity contribution is 5.79. The summed E-state index contributed by atoms with van der Waals surface area (Å²) in [6, 6.07) is 8.10. The van der Waals surface area contributed by atoms with Crippen molar-refractivity contribution in [3.8, 4) is 5.75 Å². The third kappa shape index (κ3) is 3.73. The molecule has 4 nitrogen and oxygen atoms in total. The fraction of sp³-hybridized carbons (Fsp3) is 0.562. The van der Waals surface area contributed by atoms with Crippen LogP contribution >= 0.6 is 0 Å². The number of carbonyl (C=O) groups excluding carboxylic acids is 1. The van der Waals surface area contributed by atoms with Gasteiger partial charge in [-0.05, 0) is 44.0 Å². The Morgan fingerprint density at radius 1 is 1.45 bits per heavy atom. The molecule has 4 heteroatoms. The Hall–Kier alpha value is -1.55. The fourth-order valence-corrected chi connectivity index (χ4v) is 2.84. The maximum atomic E-state index is 12.5. The van der Waals surface area contributed by atoms with E-state index in [2.05, 4.69) is 5.32 Å². The van der Waals surface area contributed by atoms with E-state index in [1.54, 1.807) is 7.11 Å². The van der Waals surface area contributed by atoms with Crippen molar-refractivity contribution in [1.82, 2.24) is 10.2 Å². The van der Waals surface area contributed by atoms with Crippen LogP contribution in [0.25, 0.3) is 0 Å². The van der Waals surface area contributed by atoms with Gasteiger partial charge in [0.25, 0.3) is 0 Å². The van der Waals surface area contributed by atoms with Gasteiger partial charge in [0, 0.05) is 19.1 Å². The van der Waals surface area contributed by atoms with Gasteiger partial charge in [-0.2, -0.15) is 0 Å². The van der Waals surface area contributed by atoms with Crippen molar-refractivity contribution in [3.05, 3.63) is 29.8 Å². The lowest BCUT2D eigenvalue weighted by atomic mass is 10.0. The van der Waals surface area contributed by atoms with E-state index in [0.717, 1.165) is 37.2 Å². The van der Waals surface area contributed by atoms with E-state index in [9.17, 15) is 4.79 Å². The van der Waals surface area contributed by atoms with Gasteiger partial charge in [0.1, 0.15) is 5.75 Å². The molecule has 1 heterocycles. The van der Waals surface area contributed by atoms with Crippen molar-refractivity contribution in [3.63, 3.8) is 0 Å². The number of likely N-dealkylation sites (tertiary alicyclic amines) is 1. The highest BCUT2D eigenvalue weighted by atomic mass is 16.5. The number of rotatable bonds is 5. The Bertz CT molecular complexity index is 446. The lowest BCUT2D eigenvalue weighted by Crippen LogP contribution is -2.48. The number of ether oxygens (including phenoxy) is 1. The van der Waals surface area contributed by atoms with Gasteiger partial charge in [0.05, 0.1) is 13.5 Å². The lowest BCUT2D eigenvalue weighted by molar-refractivity contribution is -0.134. The van der Waals surface area contributed by atoms with Gasteiger partial charge in [-0.25, -0.2) is 0 Å². The summed E-state index contributed by atoms with van der Waals surface area (Å²) < 4.78 is 5.21. The minimum absolute atomic E-state index is 0.221. The minimum Gasteiger partial charge on any atom is -0.497 e. The number of nitrogens with zero attached hydrogens (tertiary/aromatic N) is 1. The molecule has 1 amide bonds. The molecule has 1 fully saturated rings. The number of carbonyl (C=O) groups is 1.